The van der Waals surface area contributed by atoms with Gasteiger partial charge in [-0.15, -0.1) is 11.8 Å². The SMILES string of the molecule is COc1ccc(Cl)cc1C(=O)CSc1cccc(F)c1. The van der Waals surface area contributed by atoms with E-state index in [-0.39, 0.29) is 17.4 Å². The van der Waals surface area contributed by atoms with Gasteiger partial charge in [0.2, 0.25) is 0 Å². The van der Waals surface area contributed by atoms with Crippen LogP contribution in [0.5, 0.6) is 5.75 Å². The maximum Gasteiger partial charge on any atom is 0.176 e. The fourth-order valence-electron chi connectivity index (χ4n) is 1.68. The van der Waals surface area contributed by atoms with Crippen molar-refractivity contribution in [1.82, 2.24) is 0 Å². The van der Waals surface area contributed by atoms with Crippen LogP contribution < -0.4 is 4.74 Å². The lowest BCUT2D eigenvalue weighted by atomic mass is 10.1. The van der Waals surface area contributed by atoms with Crippen molar-refractivity contribution in [3.05, 3.63) is 58.9 Å². The fourth-order valence-corrected chi connectivity index (χ4v) is 2.68. The Balaban J connectivity index is 2.10. The first-order chi connectivity index (χ1) is 9.60. The molecule has 0 unspecified atom stereocenters. The number of halogens is 2. The number of ketones is 1. The summed E-state index contributed by atoms with van der Waals surface area (Å²) in [6.07, 6.45) is 0. The molecule has 0 spiro atoms. The summed E-state index contributed by atoms with van der Waals surface area (Å²) in [6.45, 7) is 0. The van der Waals surface area contributed by atoms with Gasteiger partial charge in [0, 0.05) is 9.92 Å². The molecule has 104 valence electrons. The van der Waals surface area contributed by atoms with Crippen molar-refractivity contribution in [3.8, 4) is 5.75 Å². The topological polar surface area (TPSA) is 26.3 Å². The summed E-state index contributed by atoms with van der Waals surface area (Å²) in [5.74, 6) is 0.251. The lowest BCUT2D eigenvalue weighted by Gasteiger charge is -2.08. The predicted molar refractivity (Wildman–Crippen MR) is 79.5 cm³/mol. The Morgan fingerprint density at radius 2 is 2.10 bits per heavy atom. The maximum atomic E-state index is 13.1. The summed E-state index contributed by atoms with van der Waals surface area (Å²) in [4.78, 5) is 12.9. The Hall–Kier alpha value is -1.52. The van der Waals surface area contributed by atoms with Crippen molar-refractivity contribution in [3.63, 3.8) is 0 Å². The summed E-state index contributed by atoms with van der Waals surface area (Å²) in [6, 6.07) is 11.0. The number of hydrogen-bond donors (Lipinski definition) is 0. The molecule has 20 heavy (non-hydrogen) atoms. The lowest BCUT2D eigenvalue weighted by molar-refractivity contribution is 0.101. The van der Waals surface area contributed by atoms with Crippen LogP contribution in [0.25, 0.3) is 0 Å². The third kappa shape index (κ3) is 3.74. The lowest BCUT2D eigenvalue weighted by Crippen LogP contribution is -2.05. The highest BCUT2D eigenvalue weighted by atomic mass is 35.5. The standard InChI is InChI=1S/C15H12ClFO2S/c1-19-15-6-5-10(16)7-13(15)14(18)9-20-12-4-2-3-11(17)8-12/h2-8H,9H2,1H3. The molecule has 5 heteroatoms. The Labute approximate surface area is 125 Å². The first kappa shape index (κ1) is 14.9. The minimum atomic E-state index is -0.317. The number of carbonyl (C=O) groups is 1. The number of hydrogen-bond acceptors (Lipinski definition) is 3. The molecule has 0 amide bonds. The average Bonchev–Trinajstić information content (AvgIpc) is 2.45. The van der Waals surface area contributed by atoms with Crippen LogP contribution in [-0.2, 0) is 0 Å². The van der Waals surface area contributed by atoms with E-state index in [2.05, 4.69) is 0 Å². The number of thioether (sulfide) groups is 1. The molecule has 0 aliphatic heterocycles. The molecule has 0 saturated carbocycles. The van der Waals surface area contributed by atoms with Gasteiger partial charge in [0.15, 0.2) is 5.78 Å². The molecule has 0 atom stereocenters. The normalized spacial score (nSPS) is 10.3. The molecular weight excluding hydrogens is 299 g/mol. The fraction of sp³-hybridized carbons (Fsp3) is 0.133. The van der Waals surface area contributed by atoms with Crippen LogP contribution in [0.4, 0.5) is 4.39 Å². The molecule has 0 aliphatic rings. The number of rotatable bonds is 5. The molecule has 0 fully saturated rings. The second kappa shape index (κ2) is 6.77. The Morgan fingerprint density at radius 3 is 2.80 bits per heavy atom. The minimum Gasteiger partial charge on any atom is -0.496 e. The quantitative estimate of drug-likeness (QED) is 0.602. The van der Waals surface area contributed by atoms with Crippen molar-refractivity contribution in [1.29, 1.82) is 0 Å². The zero-order valence-electron chi connectivity index (χ0n) is 10.7. The van der Waals surface area contributed by atoms with Crippen molar-refractivity contribution in [2.75, 3.05) is 12.9 Å². The van der Waals surface area contributed by atoms with Gasteiger partial charge in [0.25, 0.3) is 0 Å². The number of carbonyl (C=O) groups excluding carboxylic acids is 1. The van der Waals surface area contributed by atoms with Crippen molar-refractivity contribution < 1.29 is 13.9 Å². The Morgan fingerprint density at radius 1 is 1.30 bits per heavy atom. The van der Waals surface area contributed by atoms with Gasteiger partial charge in [0.1, 0.15) is 11.6 Å². The van der Waals surface area contributed by atoms with E-state index in [1.165, 1.54) is 31.0 Å². The summed E-state index contributed by atoms with van der Waals surface area (Å²) in [5.41, 5.74) is 0.434. The van der Waals surface area contributed by atoms with E-state index in [4.69, 9.17) is 16.3 Å². The van der Waals surface area contributed by atoms with Gasteiger partial charge in [-0.25, -0.2) is 4.39 Å². The van der Waals surface area contributed by atoms with Crippen LogP contribution in [0.15, 0.2) is 47.4 Å². The third-order valence-corrected chi connectivity index (χ3v) is 3.86. The van der Waals surface area contributed by atoms with Crippen LogP contribution in [-0.4, -0.2) is 18.6 Å². The molecule has 0 heterocycles. The molecule has 0 bridgehead atoms. The maximum absolute atomic E-state index is 13.1. The molecular formula is C15H12ClFO2S. The van der Waals surface area contributed by atoms with Gasteiger partial charge in [-0.1, -0.05) is 17.7 Å². The van der Waals surface area contributed by atoms with Crippen LogP contribution in [0.1, 0.15) is 10.4 Å². The molecule has 2 rings (SSSR count). The van der Waals surface area contributed by atoms with Crippen molar-refractivity contribution in [2.24, 2.45) is 0 Å². The van der Waals surface area contributed by atoms with Crippen LogP contribution in [0, 0.1) is 5.82 Å². The van der Waals surface area contributed by atoms with Gasteiger partial charge < -0.3 is 4.74 Å². The van der Waals surface area contributed by atoms with E-state index in [0.717, 1.165) is 0 Å². The van der Waals surface area contributed by atoms with Crippen molar-refractivity contribution >= 4 is 29.1 Å². The predicted octanol–water partition coefficient (Wildman–Crippen LogP) is 4.46. The van der Waals surface area contributed by atoms with Crippen LogP contribution >= 0.6 is 23.4 Å². The zero-order valence-corrected chi connectivity index (χ0v) is 12.3. The summed E-state index contributed by atoms with van der Waals surface area (Å²) < 4.78 is 18.2. The monoisotopic (exact) mass is 310 g/mol. The smallest absolute Gasteiger partial charge is 0.176 e. The second-order valence-corrected chi connectivity index (χ2v) is 5.50. The summed E-state index contributed by atoms with van der Waals surface area (Å²) in [7, 11) is 1.50. The van der Waals surface area contributed by atoms with Gasteiger partial charge in [-0.2, -0.15) is 0 Å². The summed E-state index contributed by atoms with van der Waals surface area (Å²) >= 11 is 7.17. The highest BCUT2D eigenvalue weighted by Gasteiger charge is 2.13. The zero-order chi connectivity index (χ0) is 14.5. The number of benzene rings is 2. The second-order valence-electron chi connectivity index (χ2n) is 4.01. The highest BCUT2D eigenvalue weighted by molar-refractivity contribution is 8.00. The van der Waals surface area contributed by atoms with Crippen molar-refractivity contribution in [2.45, 2.75) is 4.90 Å². The van der Waals surface area contributed by atoms with Gasteiger partial charge in [-0.3, -0.25) is 4.79 Å². The Kier molecular flexibility index (Phi) is 5.04. The molecule has 0 saturated heterocycles. The van der Waals surface area contributed by atoms with Crippen LogP contribution in [0.3, 0.4) is 0 Å². The molecule has 2 aromatic carbocycles. The number of methoxy groups -OCH3 is 1. The van der Waals surface area contributed by atoms with E-state index in [0.29, 0.717) is 21.2 Å². The first-order valence-electron chi connectivity index (χ1n) is 5.85. The highest BCUT2D eigenvalue weighted by Crippen LogP contribution is 2.26. The molecule has 0 aliphatic carbocycles. The largest absolute Gasteiger partial charge is 0.496 e. The van der Waals surface area contributed by atoms with E-state index in [1.807, 2.05) is 0 Å². The van der Waals surface area contributed by atoms with Gasteiger partial charge in [0.05, 0.1) is 18.4 Å². The molecule has 0 radical (unpaired) electrons. The van der Waals surface area contributed by atoms with E-state index in [9.17, 15) is 9.18 Å². The third-order valence-electron chi connectivity index (χ3n) is 2.63. The minimum absolute atomic E-state index is 0.112. The van der Waals surface area contributed by atoms with E-state index >= 15 is 0 Å². The molecule has 0 N–H and O–H groups in total. The molecule has 2 nitrogen and oxygen atoms in total. The van der Waals surface area contributed by atoms with Crippen LogP contribution in [0.2, 0.25) is 5.02 Å². The summed E-state index contributed by atoms with van der Waals surface area (Å²) in [5, 5.41) is 0.477. The molecule has 2 aromatic rings. The molecule has 0 aromatic heterocycles. The number of Topliss-reactive ketones (excluding diaryl/α,β-unsaturated/α-hetero) is 1. The van der Waals surface area contributed by atoms with E-state index in [1.54, 1.807) is 30.3 Å². The van der Waals surface area contributed by atoms with Gasteiger partial charge in [-0.05, 0) is 36.4 Å². The van der Waals surface area contributed by atoms with Gasteiger partial charge >= 0.3 is 0 Å². The van der Waals surface area contributed by atoms with E-state index < -0.39 is 0 Å². The Bertz CT molecular complexity index is 631. The first-order valence-corrected chi connectivity index (χ1v) is 7.21. The average molecular weight is 311 g/mol. The number of ether oxygens (including phenoxy) is 1.